The van der Waals surface area contributed by atoms with E-state index < -0.39 is 0 Å². The first-order valence-corrected chi connectivity index (χ1v) is 10.1. The van der Waals surface area contributed by atoms with E-state index in [1.165, 1.54) is 43.8 Å². The zero-order valence-electron chi connectivity index (χ0n) is 16.9. The van der Waals surface area contributed by atoms with Crippen LogP contribution in [0.2, 0.25) is 0 Å². The number of benzene rings is 4. The van der Waals surface area contributed by atoms with Crippen LogP contribution in [0, 0.1) is 6.07 Å². The maximum absolute atomic E-state index is 4.82. The monoisotopic (exact) mass is 563 g/mol. The van der Waals surface area contributed by atoms with Crippen LogP contribution in [0.5, 0.6) is 0 Å². The molecule has 0 fully saturated rings. The molecule has 1 aliphatic rings. The summed E-state index contributed by atoms with van der Waals surface area (Å²) >= 11 is 0. The van der Waals surface area contributed by atoms with Crippen molar-refractivity contribution in [3.05, 3.63) is 102 Å². The van der Waals surface area contributed by atoms with E-state index in [9.17, 15) is 0 Å². The molecule has 0 unspecified atom stereocenters. The third-order valence-corrected chi connectivity index (χ3v) is 6.42. The van der Waals surface area contributed by atoms with Gasteiger partial charge in [0.05, 0.1) is 0 Å². The Balaban J connectivity index is 0.00000193. The normalized spacial score (nSPS) is 13.7. The van der Waals surface area contributed by atoms with Crippen molar-refractivity contribution >= 4 is 21.5 Å². The zero-order chi connectivity index (χ0) is 19.6. The number of aromatic nitrogens is 1. The summed E-state index contributed by atoms with van der Waals surface area (Å²) in [5.74, 6) is 0. The van der Waals surface area contributed by atoms with Crippen LogP contribution in [-0.4, -0.2) is 4.98 Å². The van der Waals surface area contributed by atoms with Gasteiger partial charge in [-0.1, -0.05) is 91.7 Å². The molecular formula is C28H20IrN-. The number of rotatable bonds is 1. The van der Waals surface area contributed by atoms with E-state index in [4.69, 9.17) is 4.98 Å². The minimum absolute atomic E-state index is 0. The van der Waals surface area contributed by atoms with E-state index in [-0.39, 0.29) is 25.5 Å². The molecular weight excluding hydrogens is 543 g/mol. The molecule has 0 atom stereocenters. The summed E-state index contributed by atoms with van der Waals surface area (Å²) in [5.41, 5.74) is 7.38. The second-order valence-corrected chi connectivity index (χ2v) is 8.42. The summed E-state index contributed by atoms with van der Waals surface area (Å²) in [6.45, 7) is 4.61. The molecule has 1 aromatic heterocycles. The topological polar surface area (TPSA) is 12.9 Å². The van der Waals surface area contributed by atoms with Crippen LogP contribution in [0.1, 0.15) is 25.0 Å². The summed E-state index contributed by atoms with van der Waals surface area (Å²) in [4.78, 5) is 4.82. The predicted molar refractivity (Wildman–Crippen MR) is 121 cm³/mol. The molecule has 2 heteroatoms. The number of hydrogen-bond donors (Lipinski definition) is 0. The molecule has 5 aromatic rings. The van der Waals surface area contributed by atoms with Crippen LogP contribution in [0.4, 0.5) is 0 Å². The molecule has 0 saturated heterocycles. The van der Waals surface area contributed by atoms with Crippen molar-refractivity contribution in [2.24, 2.45) is 0 Å². The van der Waals surface area contributed by atoms with Crippen LogP contribution in [0.15, 0.2) is 85.1 Å². The van der Waals surface area contributed by atoms with Crippen LogP contribution in [0.3, 0.4) is 0 Å². The fourth-order valence-corrected chi connectivity index (χ4v) is 4.84. The van der Waals surface area contributed by atoms with Crippen molar-refractivity contribution in [3.8, 4) is 22.4 Å². The molecule has 1 heterocycles. The molecule has 6 rings (SSSR count). The summed E-state index contributed by atoms with van der Waals surface area (Å²) in [6.07, 6.45) is 2.01. The van der Waals surface area contributed by atoms with Gasteiger partial charge in [-0.05, 0) is 32.8 Å². The van der Waals surface area contributed by atoms with Gasteiger partial charge in [0.2, 0.25) is 0 Å². The second kappa shape index (κ2) is 6.87. The minimum atomic E-state index is -0.0111. The van der Waals surface area contributed by atoms with Gasteiger partial charge in [-0.2, -0.15) is 0 Å². The van der Waals surface area contributed by atoms with Crippen LogP contribution < -0.4 is 0 Å². The van der Waals surface area contributed by atoms with Crippen LogP contribution in [-0.2, 0) is 25.5 Å². The van der Waals surface area contributed by atoms with Gasteiger partial charge in [0, 0.05) is 31.7 Å². The van der Waals surface area contributed by atoms with E-state index in [1.54, 1.807) is 0 Å². The Morgan fingerprint density at radius 3 is 2.40 bits per heavy atom. The summed E-state index contributed by atoms with van der Waals surface area (Å²) < 4.78 is 0. The standard InChI is InChI=1S/C28H20N.Ir/c1-28(2)25-10-6-5-9-22(25)23-14-13-20(15-26(23)28)27-16-19-12-11-18-7-3-4-8-21(18)24(19)17-29-27;/h3-12,14-17H,1-2H3;/q-1;. The molecule has 0 amide bonds. The number of fused-ring (bicyclic) bond motifs is 6. The minimum Gasteiger partial charge on any atom is -0.304 e. The number of pyridine rings is 1. The van der Waals surface area contributed by atoms with Gasteiger partial charge in [0.25, 0.3) is 0 Å². The Hall–Kier alpha value is -2.80. The van der Waals surface area contributed by atoms with Gasteiger partial charge in [-0.3, -0.25) is 0 Å². The first-order chi connectivity index (χ1) is 14.1. The summed E-state index contributed by atoms with van der Waals surface area (Å²) in [6, 6.07) is 31.7. The molecule has 1 aliphatic carbocycles. The Bertz CT molecular complexity index is 1430. The molecule has 0 N–H and O–H groups in total. The van der Waals surface area contributed by atoms with Gasteiger partial charge in [0.15, 0.2) is 0 Å². The fourth-order valence-electron chi connectivity index (χ4n) is 4.84. The van der Waals surface area contributed by atoms with Gasteiger partial charge in [-0.15, -0.1) is 29.3 Å². The Kier molecular flexibility index (Phi) is 4.39. The first kappa shape index (κ1) is 19.2. The van der Waals surface area contributed by atoms with Gasteiger partial charge in [0.1, 0.15) is 0 Å². The fraction of sp³-hybridized carbons (Fsp3) is 0.107. The molecule has 0 spiro atoms. The van der Waals surface area contributed by atoms with Crippen LogP contribution >= 0.6 is 0 Å². The molecule has 147 valence electrons. The van der Waals surface area contributed by atoms with Gasteiger partial charge in [-0.25, -0.2) is 0 Å². The molecule has 0 aliphatic heterocycles. The Labute approximate surface area is 190 Å². The zero-order valence-corrected chi connectivity index (χ0v) is 19.3. The van der Waals surface area contributed by atoms with Crippen LogP contribution in [0.25, 0.3) is 43.9 Å². The van der Waals surface area contributed by atoms with Crippen molar-refractivity contribution in [2.75, 3.05) is 0 Å². The summed E-state index contributed by atoms with van der Waals surface area (Å²) in [5, 5.41) is 4.91. The van der Waals surface area contributed by atoms with Crippen molar-refractivity contribution in [3.63, 3.8) is 0 Å². The first-order valence-electron chi connectivity index (χ1n) is 10.1. The van der Waals surface area contributed by atoms with Crippen molar-refractivity contribution in [2.45, 2.75) is 19.3 Å². The SMILES string of the molecule is CC1(C)c2ccccc2-c2c[c-]c(-c3cc4ccc5ccccc5c4cn3)cc21.[Ir]. The van der Waals surface area contributed by atoms with E-state index in [1.807, 2.05) is 6.20 Å². The van der Waals surface area contributed by atoms with Gasteiger partial charge >= 0.3 is 0 Å². The average molecular weight is 563 g/mol. The Morgan fingerprint density at radius 1 is 0.733 bits per heavy atom. The predicted octanol–water partition coefficient (Wildman–Crippen LogP) is 7.16. The van der Waals surface area contributed by atoms with Crippen molar-refractivity contribution in [1.82, 2.24) is 4.98 Å². The number of nitrogens with zero attached hydrogens (tertiary/aromatic N) is 1. The van der Waals surface area contributed by atoms with E-state index in [0.29, 0.717) is 0 Å². The van der Waals surface area contributed by atoms with E-state index in [0.717, 1.165) is 11.3 Å². The maximum Gasteiger partial charge on any atom is 0.0245 e. The smallest absolute Gasteiger partial charge is 0.0245 e. The molecule has 0 saturated carbocycles. The van der Waals surface area contributed by atoms with Gasteiger partial charge < -0.3 is 4.98 Å². The third kappa shape index (κ3) is 2.68. The largest absolute Gasteiger partial charge is 0.304 e. The maximum atomic E-state index is 4.82. The number of hydrogen-bond acceptors (Lipinski definition) is 1. The van der Waals surface area contributed by atoms with Crippen molar-refractivity contribution in [1.29, 1.82) is 0 Å². The molecule has 1 radical (unpaired) electrons. The Morgan fingerprint density at radius 2 is 1.50 bits per heavy atom. The third-order valence-electron chi connectivity index (χ3n) is 6.42. The quantitative estimate of drug-likeness (QED) is 0.156. The van der Waals surface area contributed by atoms with Crippen molar-refractivity contribution < 1.29 is 20.1 Å². The van der Waals surface area contributed by atoms with E-state index in [2.05, 4.69) is 98.8 Å². The average Bonchev–Trinajstić information content (AvgIpc) is 3.00. The molecule has 30 heavy (non-hydrogen) atoms. The molecule has 1 nitrogen and oxygen atoms in total. The molecule has 0 bridgehead atoms. The second-order valence-electron chi connectivity index (χ2n) is 8.42. The molecule has 4 aromatic carbocycles. The summed E-state index contributed by atoms with van der Waals surface area (Å²) in [7, 11) is 0. The van der Waals surface area contributed by atoms with E-state index >= 15 is 0 Å².